The van der Waals surface area contributed by atoms with Crippen molar-refractivity contribution < 1.29 is 0 Å². The Hall–Kier alpha value is -1.96. The number of fused-ring (bicyclic) bond motifs is 3. The van der Waals surface area contributed by atoms with Crippen LogP contribution in [0.1, 0.15) is 39.1 Å². The molecule has 0 amide bonds. The first-order valence-electron chi connectivity index (χ1n) is 8.98. The van der Waals surface area contributed by atoms with E-state index < -0.39 is 0 Å². The van der Waals surface area contributed by atoms with Crippen molar-refractivity contribution in [2.45, 2.75) is 33.1 Å². The Morgan fingerprint density at radius 2 is 1.58 bits per heavy atom. The van der Waals surface area contributed by atoms with Gasteiger partial charge in [-0.25, -0.2) is 0 Å². The van der Waals surface area contributed by atoms with Crippen LogP contribution in [0.25, 0.3) is 5.57 Å². The van der Waals surface area contributed by atoms with Crippen LogP contribution in [0.2, 0.25) is 0 Å². The lowest BCUT2D eigenvalue weighted by molar-refractivity contribution is 0.381. The highest BCUT2D eigenvalue weighted by Gasteiger charge is 2.85. The molecule has 0 spiro atoms. The Kier molecular flexibility index (Phi) is 2.50. The molecule has 2 aromatic rings. The van der Waals surface area contributed by atoms with Crippen LogP contribution in [0.5, 0.6) is 0 Å². The predicted octanol–water partition coefficient (Wildman–Crippen LogP) is 4.74. The SMILES string of the molecule is CC1(C)[C@@H]2C(c3ccccn3)=C[C@@H]3C(C)(C)[C@@]3(c3ccccn3)[C@@H]21. The summed E-state index contributed by atoms with van der Waals surface area (Å²) < 4.78 is 0. The van der Waals surface area contributed by atoms with Gasteiger partial charge < -0.3 is 0 Å². The third-order valence-electron chi connectivity index (χ3n) is 7.30. The number of aromatic nitrogens is 2. The molecule has 3 aliphatic carbocycles. The fourth-order valence-electron chi connectivity index (χ4n) is 6.16. The molecular formula is C22H24N2. The molecule has 2 aromatic heterocycles. The van der Waals surface area contributed by atoms with E-state index in [0.29, 0.717) is 23.2 Å². The molecular weight excluding hydrogens is 292 g/mol. The van der Waals surface area contributed by atoms with Crippen molar-refractivity contribution in [2.24, 2.45) is 28.6 Å². The van der Waals surface area contributed by atoms with Crippen molar-refractivity contribution >= 4 is 5.57 Å². The third-order valence-corrected chi connectivity index (χ3v) is 7.30. The van der Waals surface area contributed by atoms with Gasteiger partial charge in [-0.05, 0) is 58.4 Å². The summed E-state index contributed by atoms with van der Waals surface area (Å²) in [4.78, 5) is 9.46. The molecule has 0 unspecified atom stereocenters. The highest BCUT2D eigenvalue weighted by atomic mass is 14.9. The van der Waals surface area contributed by atoms with E-state index >= 15 is 0 Å². The lowest BCUT2D eigenvalue weighted by Gasteiger charge is -2.24. The number of hydrogen-bond acceptors (Lipinski definition) is 2. The van der Waals surface area contributed by atoms with Crippen LogP contribution in [0, 0.1) is 28.6 Å². The first kappa shape index (κ1) is 14.4. The van der Waals surface area contributed by atoms with Crippen molar-refractivity contribution in [3.8, 4) is 0 Å². The summed E-state index contributed by atoms with van der Waals surface area (Å²) in [7, 11) is 0. The van der Waals surface area contributed by atoms with Crippen LogP contribution in [-0.2, 0) is 5.41 Å². The maximum absolute atomic E-state index is 4.81. The second kappa shape index (κ2) is 4.17. The quantitative estimate of drug-likeness (QED) is 0.800. The van der Waals surface area contributed by atoms with Gasteiger partial charge in [0.05, 0.1) is 5.69 Å². The van der Waals surface area contributed by atoms with Gasteiger partial charge in [0.2, 0.25) is 0 Å². The number of rotatable bonds is 2. The molecule has 24 heavy (non-hydrogen) atoms. The summed E-state index contributed by atoms with van der Waals surface area (Å²) in [5.74, 6) is 1.80. The van der Waals surface area contributed by atoms with E-state index in [1.165, 1.54) is 11.3 Å². The van der Waals surface area contributed by atoms with Gasteiger partial charge in [0, 0.05) is 23.5 Å². The smallest absolute Gasteiger partial charge is 0.0661 e. The van der Waals surface area contributed by atoms with Crippen LogP contribution < -0.4 is 0 Å². The van der Waals surface area contributed by atoms with Gasteiger partial charge in [-0.1, -0.05) is 45.9 Å². The average Bonchev–Trinajstić information content (AvgIpc) is 3.36. The molecule has 2 saturated carbocycles. The Balaban J connectivity index is 1.70. The van der Waals surface area contributed by atoms with Gasteiger partial charge in [-0.15, -0.1) is 0 Å². The maximum Gasteiger partial charge on any atom is 0.0661 e. The lowest BCUT2D eigenvalue weighted by atomic mass is 9.81. The fourth-order valence-corrected chi connectivity index (χ4v) is 6.16. The van der Waals surface area contributed by atoms with Crippen molar-refractivity contribution in [2.75, 3.05) is 0 Å². The monoisotopic (exact) mass is 316 g/mol. The third kappa shape index (κ3) is 1.44. The molecule has 2 heterocycles. The molecule has 2 fully saturated rings. The highest BCUT2D eigenvalue weighted by molar-refractivity contribution is 5.75. The molecule has 4 atom stereocenters. The summed E-state index contributed by atoms with van der Waals surface area (Å²) in [6.07, 6.45) is 6.41. The number of allylic oxidation sites excluding steroid dienone is 2. The zero-order valence-corrected chi connectivity index (χ0v) is 14.8. The van der Waals surface area contributed by atoms with Gasteiger partial charge in [-0.2, -0.15) is 0 Å². The zero-order chi connectivity index (χ0) is 16.7. The first-order valence-corrected chi connectivity index (χ1v) is 8.98. The molecule has 0 saturated heterocycles. The summed E-state index contributed by atoms with van der Waals surface area (Å²) in [6, 6.07) is 12.7. The molecule has 0 N–H and O–H groups in total. The Morgan fingerprint density at radius 1 is 0.875 bits per heavy atom. The van der Waals surface area contributed by atoms with Crippen LogP contribution in [0.4, 0.5) is 0 Å². The molecule has 3 aliphatic rings. The molecule has 2 heteroatoms. The van der Waals surface area contributed by atoms with Gasteiger partial charge in [0.1, 0.15) is 0 Å². The standard InChI is InChI=1S/C22H24N2/c1-20(2)18-14(15-9-5-7-11-23-15)13-16-21(3,4)22(16,19(18)20)17-10-6-8-12-24-17/h5-13,16,18-19H,1-4H3/t16-,18-,19+,22+/m1/s1. The minimum absolute atomic E-state index is 0.195. The van der Waals surface area contributed by atoms with Crippen LogP contribution in [-0.4, -0.2) is 9.97 Å². The highest BCUT2D eigenvalue weighted by Crippen LogP contribution is 2.87. The minimum Gasteiger partial charge on any atom is -0.261 e. The molecule has 0 bridgehead atoms. The molecule has 122 valence electrons. The van der Waals surface area contributed by atoms with E-state index in [2.05, 4.69) is 63.0 Å². The second-order valence-electron chi connectivity index (χ2n) is 8.90. The normalized spacial score (nSPS) is 37.0. The largest absolute Gasteiger partial charge is 0.261 e. The number of nitrogens with zero attached hydrogens (tertiary/aromatic N) is 2. The molecule has 0 radical (unpaired) electrons. The number of pyridine rings is 2. The summed E-state index contributed by atoms with van der Waals surface area (Å²) in [6.45, 7) is 9.71. The van der Waals surface area contributed by atoms with E-state index in [9.17, 15) is 0 Å². The summed E-state index contributed by atoms with van der Waals surface area (Å²) in [5.41, 5.74) is 4.68. The maximum atomic E-state index is 4.81. The van der Waals surface area contributed by atoms with Gasteiger partial charge in [0.15, 0.2) is 0 Å². The van der Waals surface area contributed by atoms with Crippen molar-refractivity contribution in [1.29, 1.82) is 0 Å². The average molecular weight is 316 g/mol. The van der Waals surface area contributed by atoms with E-state index in [4.69, 9.17) is 4.98 Å². The Labute approximate surface area is 144 Å². The Morgan fingerprint density at radius 3 is 2.21 bits per heavy atom. The van der Waals surface area contributed by atoms with E-state index in [-0.39, 0.29) is 10.8 Å². The summed E-state index contributed by atoms with van der Waals surface area (Å²) >= 11 is 0. The van der Waals surface area contributed by atoms with Gasteiger partial charge >= 0.3 is 0 Å². The summed E-state index contributed by atoms with van der Waals surface area (Å²) in [5, 5.41) is 0. The fraction of sp³-hybridized carbons (Fsp3) is 0.455. The molecule has 0 aromatic carbocycles. The van der Waals surface area contributed by atoms with E-state index in [1.807, 2.05) is 24.5 Å². The molecule has 5 rings (SSSR count). The lowest BCUT2D eigenvalue weighted by Crippen LogP contribution is -2.23. The van der Waals surface area contributed by atoms with E-state index in [0.717, 1.165) is 5.69 Å². The van der Waals surface area contributed by atoms with Crippen LogP contribution in [0.3, 0.4) is 0 Å². The first-order chi connectivity index (χ1) is 11.4. The van der Waals surface area contributed by atoms with E-state index in [1.54, 1.807) is 0 Å². The van der Waals surface area contributed by atoms with Crippen LogP contribution in [0.15, 0.2) is 54.9 Å². The number of hydrogen-bond donors (Lipinski definition) is 0. The van der Waals surface area contributed by atoms with Crippen molar-refractivity contribution in [3.63, 3.8) is 0 Å². The van der Waals surface area contributed by atoms with Crippen LogP contribution >= 0.6 is 0 Å². The predicted molar refractivity (Wildman–Crippen MR) is 96.2 cm³/mol. The van der Waals surface area contributed by atoms with Crippen molar-refractivity contribution in [3.05, 3.63) is 66.3 Å². The topological polar surface area (TPSA) is 25.8 Å². The second-order valence-corrected chi connectivity index (χ2v) is 8.90. The van der Waals surface area contributed by atoms with Gasteiger partial charge in [-0.3, -0.25) is 9.97 Å². The molecule has 0 aliphatic heterocycles. The molecule has 2 nitrogen and oxygen atoms in total. The van der Waals surface area contributed by atoms with Gasteiger partial charge in [0.25, 0.3) is 0 Å². The zero-order valence-electron chi connectivity index (χ0n) is 14.8. The Bertz CT molecular complexity index is 835. The minimum atomic E-state index is 0.195. The van der Waals surface area contributed by atoms with Crippen molar-refractivity contribution in [1.82, 2.24) is 9.97 Å².